The molecule has 1 saturated heterocycles. The van der Waals surface area contributed by atoms with Crippen LogP contribution in [0, 0.1) is 23.2 Å². The number of esters is 1. The highest BCUT2D eigenvalue weighted by atomic mass is 16.5. The summed E-state index contributed by atoms with van der Waals surface area (Å²) >= 11 is 0. The Bertz CT molecular complexity index is 611. The van der Waals surface area contributed by atoms with Crippen LogP contribution in [0.3, 0.4) is 0 Å². The fourth-order valence-corrected chi connectivity index (χ4v) is 2.90. The van der Waals surface area contributed by atoms with Gasteiger partial charge in [0.1, 0.15) is 5.70 Å². The second-order valence-electron chi connectivity index (χ2n) is 7.24. The minimum Gasteiger partial charge on any atom is -0.464 e. The van der Waals surface area contributed by atoms with Gasteiger partial charge in [0.15, 0.2) is 0 Å². The molecule has 0 aromatic carbocycles. The van der Waals surface area contributed by atoms with Crippen molar-refractivity contribution in [1.82, 2.24) is 14.7 Å². The number of carbonyl (C=O) groups excluding carboxylic acids is 1. The summed E-state index contributed by atoms with van der Waals surface area (Å²) in [6, 6.07) is 1.99. The van der Waals surface area contributed by atoms with Crippen LogP contribution >= 0.6 is 0 Å². The first-order chi connectivity index (χ1) is 12.2. The summed E-state index contributed by atoms with van der Waals surface area (Å²) in [5.74, 6) is 5.29. The zero-order valence-corrected chi connectivity index (χ0v) is 16.6. The van der Waals surface area contributed by atoms with E-state index in [0.29, 0.717) is 13.2 Å². The lowest BCUT2D eigenvalue weighted by molar-refractivity contribution is -0.138. The van der Waals surface area contributed by atoms with E-state index in [9.17, 15) is 4.79 Å². The first-order valence-corrected chi connectivity index (χ1v) is 8.80. The minimum absolute atomic E-state index is 0.0295. The van der Waals surface area contributed by atoms with Crippen LogP contribution in [0.25, 0.3) is 0 Å². The lowest BCUT2D eigenvalue weighted by Crippen LogP contribution is -2.55. The molecule has 144 valence electrons. The van der Waals surface area contributed by atoms with Crippen LogP contribution in [0.4, 0.5) is 0 Å². The summed E-state index contributed by atoms with van der Waals surface area (Å²) in [5.41, 5.74) is 6.59. The second kappa shape index (κ2) is 10.1. The van der Waals surface area contributed by atoms with Crippen molar-refractivity contribution in [3.05, 3.63) is 11.4 Å². The van der Waals surface area contributed by atoms with Gasteiger partial charge in [0, 0.05) is 31.7 Å². The van der Waals surface area contributed by atoms with E-state index in [1.807, 2.05) is 11.0 Å². The second-order valence-corrected chi connectivity index (χ2v) is 7.24. The van der Waals surface area contributed by atoms with E-state index in [4.69, 9.17) is 15.7 Å². The average Bonchev–Trinajstić information content (AvgIpc) is 2.59. The van der Waals surface area contributed by atoms with E-state index in [-0.39, 0.29) is 23.4 Å². The number of hydrogen-bond acceptors (Lipinski definition) is 7. The Hall–Kier alpha value is -2.22. The standard InChI is InChI=1S/C19H31N5O2/c1-6-7-10-23(17(18(25)26-5)16(21)8-9-20)15-22-11-13-24(14-12-22)19(2,3)4/h8,10-15,21H2,1-5H3/b17-16-. The van der Waals surface area contributed by atoms with Crippen LogP contribution < -0.4 is 5.73 Å². The van der Waals surface area contributed by atoms with E-state index in [1.165, 1.54) is 7.11 Å². The van der Waals surface area contributed by atoms with E-state index in [2.05, 4.69) is 42.4 Å². The van der Waals surface area contributed by atoms with Crippen molar-refractivity contribution < 1.29 is 9.53 Å². The number of methoxy groups -OCH3 is 1. The van der Waals surface area contributed by atoms with E-state index < -0.39 is 5.97 Å². The maximum Gasteiger partial charge on any atom is 0.356 e. The van der Waals surface area contributed by atoms with Crippen LogP contribution in [-0.2, 0) is 9.53 Å². The Morgan fingerprint density at radius 2 is 1.88 bits per heavy atom. The van der Waals surface area contributed by atoms with Crippen molar-refractivity contribution >= 4 is 5.97 Å². The van der Waals surface area contributed by atoms with Crippen molar-refractivity contribution in [1.29, 1.82) is 5.26 Å². The van der Waals surface area contributed by atoms with Gasteiger partial charge in [-0.25, -0.2) is 4.79 Å². The zero-order valence-electron chi connectivity index (χ0n) is 16.6. The van der Waals surface area contributed by atoms with E-state index in [1.54, 1.807) is 6.92 Å². The molecule has 0 amide bonds. The minimum atomic E-state index is -0.538. The quantitative estimate of drug-likeness (QED) is 0.428. The number of hydrogen-bond donors (Lipinski definition) is 1. The predicted molar refractivity (Wildman–Crippen MR) is 101 cm³/mol. The van der Waals surface area contributed by atoms with Crippen molar-refractivity contribution in [2.45, 2.75) is 39.7 Å². The van der Waals surface area contributed by atoms with Crippen LogP contribution in [0.15, 0.2) is 11.4 Å². The molecule has 2 N–H and O–H groups in total. The molecule has 1 aliphatic heterocycles. The van der Waals surface area contributed by atoms with Gasteiger partial charge in [-0.1, -0.05) is 5.92 Å². The van der Waals surface area contributed by atoms with E-state index in [0.717, 1.165) is 26.2 Å². The highest BCUT2D eigenvalue weighted by Gasteiger charge is 2.28. The van der Waals surface area contributed by atoms with Gasteiger partial charge < -0.3 is 15.4 Å². The Kier molecular flexibility index (Phi) is 8.44. The molecule has 0 aliphatic carbocycles. The molecule has 0 radical (unpaired) electrons. The number of ether oxygens (including phenoxy) is 1. The molecule has 1 heterocycles. The molecule has 0 atom stereocenters. The summed E-state index contributed by atoms with van der Waals surface area (Å²) in [7, 11) is 1.31. The van der Waals surface area contributed by atoms with Crippen LogP contribution in [0.5, 0.6) is 0 Å². The van der Waals surface area contributed by atoms with E-state index >= 15 is 0 Å². The highest BCUT2D eigenvalue weighted by molar-refractivity contribution is 5.88. The van der Waals surface area contributed by atoms with Gasteiger partial charge >= 0.3 is 5.97 Å². The molecule has 1 aliphatic rings. The highest BCUT2D eigenvalue weighted by Crippen LogP contribution is 2.18. The first-order valence-electron chi connectivity index (χ1n) is 8.80. The molecule has 7 nitrogen and oxygen atoms in total. The van der Waals surface area contributed by atoms with Crippen molar-refractivity contribution in [3.8, 4) is 17.9 Å². The molecule has 0 saturated carbocycles. The summed E-state index contributed by atoms with van der Waals surface area (Å²) in [6.45, 7) is 13.0. The number of allylic oxidation sites excluding steroid dienone is 1. The molecule has 0 spiro atoms. The molecule has 0 bridgehead atoms. The topological polar surface area (TPSA) is 85.8 Å². The number of rotatable bonds is 6. The summed E-state index contributed by atoms with van der Waals surface area (Å²) < 4.78 is 4.89. The van der Waals surface area contributed by atoms with Gasteiger partial charge in [-0.15, -0.1) is 5.92 Å². The molecule has 26 heavy (non-hydrogen) atoms. The lowest BCUT2D eigenvalue weighted by atomic mass is 10.1. The van der Waals surface area contributed by atoms with Crippen LogP contribution in [0.1, 0.15) is 34.1 Å². The monoisotopic (exact) mass is 361 g/mol. The number of piperazine rings is 1. The third kappa shape index (κ3) is 6.25. The molecule has 1 rings (SSSR count). The van der Waals surface area contributed by atoms with Gasteiger partial charge in [-0.2, -0.15) is 5.26 Å². The Morgan fingerprint density at radius 3 is 2.35 bits per heavy atom. The summed E-state index contributed by atoms with van der Waals surface area (Å²) in [6.07, 6.45) is -0.0295. The number of nitrogens with two attached hydrogens (primary N) is 1. The third-order valence-corrected chi connectivity index (χ3v) is 4.41. The third-order valence-electron chi connectivity index (χ3n) is 4.41. The molecular formula is C19H31N5O2. The fraction of sp³-hybridized carbons (Fsp3) is 0.684. The molecule has 0 unspecified atom stereocenters. The van der Waals surface area contributed by atoms with Gasteiger partial charge in [-0.05, 0) is 27.7 Å². The predicted octanol–water partition coefficient (Wildman–Crippen LogP) is 0.942. The zero-order chi connectivity index (χ0) is 19.7. The Labute approximate surface area is 157 Å². The Balaban J connectivity index is 2.95. The van der Waals surface area contributed by atoms with Gasteiger partial charge in [0.05, 0.1) is 38.5 Å². The SMILES string of the molecule is CC#CCN(CN1CCN(C(C)(C)C)CC1)/C(C(=O)OC)=C(\N)CC#N. The molecular weight excluding hydrogens is 330 g/mol. The smallest absolute Gasteiger partial charge is 0.356 e. The van der Waals surface area contributed by atoms with Gasteiger partial charge in [0.2, 0.25) is 0 Å². The lowest BCUT2D eigenvalue weighted by Gasteiger charge is -2.43. The summed E-state index contributed by atoms with van der Waals surface area (Å²) in [4.78, 5) is 18.8. The molecule has 1 fully saturated rings. The van der Waals surface area contributed by atoms with Crippen molar-refractivity contribution in [3.63, 3.8) is 0 Å². The maximum absolute atomic E-state index is 12.3. The van der Waals surface area contributed by atoms with Crippen LogP contribution in [-0.4, -0.2) is 72.7 Å². The first kappa shape index (κ1) is 21.8. The van der Waals surface area contributed by atoms with Crippen LogP contribution in [0.2, 0.25) is 0 Å². The maximum atomic E-state index is 12.3. The number of nitrogens with zero attached hydrogens (tertiary/aromatic N) is 4. The molecule has 0 aromatic rings. The average molecular weight is 361 g/mol. The number of nitriles is 1. The van der Waals surface area contributed by atoms with Gasteiger partial charge in [-0.3, -0.25) is 9.80 Å². The van der Waals surface area contributed by atoms with Crippen molar-refractivity contribution in [2.75, 3.05) is 46.5 Å². The largest absolute Gasteiger partial charge is 0.464 e. The Morgan fingerprint density at radius 1 is 1.27 bits per heavy atom. The molecule has 0 aromatic heterocycles. The van der Waals surface area contributed by atoms with Gasteiger partial charge in [0.25, 0.3) is 0 Å². The summed E-state index contributed by atoms with van der Waals surface area (Å²) in [5, 5.41) is 8.95. The normalized spacial score (nSPS) is 16.8. The number of carbonyl (C=O) groups is 1. The fourth-order valence-electron chi connectivity index (χ4n) is 2.90. The van der Waals surface area contributed by atoms with Crippen molar-refractivity contribution in [2.24, 2.45) is 5.73 Å². The molecule has 7 heteroatoms.